The standard InChI is InChI=1S/C13H19NS/c1-11-4-3-5-13(10-11)15-12-6-8-14(2)9-7-12/h3-5,10,12H,6-9H2,1-2H3. The van der Waals surface area contributed by atoms with E-state index in [0.717, 1.165) is 5.25 Å². The first-order valence-electron chi connectivity index (χ1n) is 5.66. The molecule has 1 heterocycles. The molecule has 1 aliphatic rings. The molecule has 0 aromatic heterocycles. The maximum absolute atomic E-state index is 2.42. The average Bonchev–Trinajstić information content (AvgIpc) is 2.22. The Balaban J connectivity index is 1.92. The van der Waals surface area contributed by atoms with Gasteiger partial charge in [0.15, 0.2) is 0 Å². The summed E-state index contributed by atoms with van der Waals surface area (Å²) in [6, 6.07) is 8.85. The van der Waals surface area contributed by atoms with E-state index in [-0.39, 0.29) is 0 Å². The fourth-order valence-corrected chi connectivity index (χ4v) is 3.23. The number of hydrogen-bond acceptors (Lipinski definition) is 2. The first-order valence-corrected chi connectivity index (χ1v) is 6.54. The van der Waals surface area contributed by atoms with Crippen molar-refractivity contribution in [3.63, 3.8) is 0 Å². The van der Waals surface area contributed by atoms with Crippen LogP contribution in [0.15, 0.2) is 29.2 Å². The second-order valence-electron chi connectivity index (χ2n) is 4.44. The topological polar surface area (TPSA) is 3.24 Å². The molecule has 2 rings (SSSR count). The lowest BCUT2D eigenvalue weighted by molar-refractivity contribution is 0.282. The molecule has 0 unspecified atom stereocenters. The third-order valence-electron chi connectivity index (χ3n) is 2.96. The van der Waals surface area contributed by atoms with Gasteiger partial charge in [0.2, 0.25) is 0 Å². The first-order chi connectivity index (χ1) is 7.24. The highest BCUT2D eigenvalue weighted by molar-refractivity contribution is 8.00. The van der Waals surface area contributed by atoms with E-state index in [1.54, 1.807) is 0 Å². The second-order valence-corrected chi connectivity index (χ2v) is 5.81. The van der Waals surface area contributed by atoms with Crippen molar-refractivity contribution in [2.24, 2.45) is 0 Å². The van der Waals surface area contributed by atoms with Crippen LogP contribution in [0, 0.1) is 6.92 Å². The van der Waals surface area contributed by atoms with Gasteiger partial charge in [0.1, 0.15) is 0 Å². The lowest BCUT2D eigenvalue weighted by Gasteiger charge is -2.28. The summed E-state index contributed by atoms with van der Waals surface area (Å²) in [6.07, 6.45) is 2.66. The second kappa shape index (κ2) is 5.04. The Kier molecular flexibility index (Phi) is 3.71. The van der Waals surface area contributed by atoms with Crippen molar-refractivity contribution in [1.29, 1.82) is 0 Å². The molecule has 82 valence electrons. The molecule has 1 saturated heterocycles. The minimum atomic E-state index is 0.822. The van der Waals surface area contributed by atoms with Crippen molar-refractivity contribution in [2.45, 2.75) is 29.9 Å². The van der Waals surface area contributed by atoms with Crippen LogP contribution in [0.2, 0.25) is 0 Å². The summed E-state index contributed by atoms with van der Waals surface area (Å²) >= 11 is 2.05. The Hall–Kier alpha value is -0.470. The molecule has 0 N–H and O–H groups in total. The van der Waals surface area contributed by atoms with E-state index in [2.05, 4.69) is 54.9 Å². The Morgan fingerprint density at radius 2 is 2.00 bits per heavy atom. The molecule has 0 saturated carbocycles. The molecule has 1 nitrogen and oxygen atoms in total. The van der Waals surface area contributed by atoms with Crippen molar-refractivity contribution < 1.29 is 0 Å². The fraction of sp³-hybridized carbons (Fsp3) is 0.538. The van der Waals surface area contributed by atoms with Crippen LogP contribution in [0.1, 0.15) is 18.4 Å². The van der Waals surface area contributed by atoms with Crippen LogP contribution < -0.4 is 0 Å². The van der Waals surface area contributed by atoms with Crippen LogP contribution in [0.5, 0.6) is 0 Å². The Labute approximate surface area is 96.9 Å². The molecule has 0 bridgehead atoms. The molecule has 1 fully saturated rings. The Bertz CT molecular complexity index is 316. The van der Waals surface area contributed by atoms with Gasteiger partial charge in [-0.1, -0.05) is 17.7 Å². The van der Waals surface area contributed by atoms with E-state index >= 15 is 0 Å². The van der Waals surface area contributed by atoms with E-state index in [1.165, 1.54) is 36.4 Å². The van der Waals surface area contributed by atoms with E-state index in [9.17, 15) is 0 Å². The minimum absolute atomic E-state index is 0.822. The SMILES string of the molecule is Cc1cccc(SC2CCN(C)CC2)c1. The van der Waals surface area contributed by atoms with Crippen LogP contribution in [0.4, 0.5) is 0 Å². The predicted molar refractivity (Wildman–Crippen MR) is 67.6 cm³/mol. The van der Waals surface area contributed by atoms with Crippen molar-refractivity contribution in [3.8, 4) is 0 Å². The largest absolute Gasteiger partial charge is 0.306 e. The molecule has 0 radical (unpaired) electrons. The van der Waals surface area contributed by atoms with Gasteiger partial charge >= 0.3 is 0 Å². The van der Waals surface area contributed by atoms with E-state index < -0.39 is 0 Å². The predicted octanol–water partition coefficient (Wildman–Crippen LogP) is 3.18. The van der Waals surface area contributed by atoms with Crippen molar-refractivity contribution in [3.05, 3.63) is 29.8 Å². The van der Waals surface area contributed by atoms with Gasteiger partial charge in [0, 0.05) is 10.1 Å². The van der Waals surface area contributed by atoms with Crippen LogP contribution in [0.3, 0.4) is 0 Å². The summed E-state index contributed by atoms with van der Waals surface area (Å²) in [6.45, 7) is 4.67. The molecule has 1 aromatic carbocycles. The van der Waals surface area contributed by atoms with Crippen LogP contribution >= 0.6 is 11.8 Å². The number of aryl methyl sites for hydroxylation is 1. The summed E-state index contributed by atoms with van der Waals surface area (Å²) in [5.41, 5.74) is 1.37. The number of thioether (sulfide) groups is 1. The molecule has 2 heteroatoms. The van der Waals surface area contributed by atoms with Crippen LogP contribution in [-0.2, 0) is 0 Å². The van der Waals surface area contributed by atoms with Crippen molar-refractivity contribution >= 4 is 11.8 Å². The number of hydrogen-bond donors (Lipinski definition) is 0. The number of likely N-dealkylation sites (tertiary alicyclic amines) is 1. The Morgan fingerprint density at radius 3 is 2.67 bits per heavy atom. The normalized spacial score (nSPS) is 19.3. The maximum Gasteiger partial charge on any atom is 0.0119 e. The summed E-state index contributed by atoms with van der Waals surface area (Å²) in [5, 5.41) is 0.822. The smallest absolute Gasteiger partial charge is 0.0119 e. The summed E-state index contributed by atoms with van der Waals surface area (Å²) in [4.78, 5) is 3.86. The molecule has 1 aromatic rings. The number of benzene rings is 1. The molecule has 1 aliphatic heterocycles. The third-order valence-corrected chi connectivity index (χ3v) is 4.29. The van der Waals surface area contributed by atoms with E-state index in [0.29, 0.717) is 0 Å². The average molecular weight is 221 g/mol. The lowest BCUT2D eigenvalue weighted by Crippen LogP contribution is -2.31. The monoisotopic (exact) mass is 221 g/mol. The van der Waals surface area contributed by atoms with Gasteiger partial charge in [0.25, 0.3) is 0 Å². The van der Waals surface area contributed by atoms with Gasteiger partial charge in [-0.2, -0.15) is 0 Å². The van der Waals surface area contributed by atoms with Gasteiger partial charge < -0.3 is 4.90 Å². The van der Waals surface area contributed by atoms with Gasteiger partial charge in [-0.25, -0.2) is 0 Å². The maximum atomic E-state index is 2.42. The van der Waals surface area contributed by atoms with E-state index in [1.807, 2.05) is 0 Å². The first kappa shape index (κ1) is 11.0. The zero-order chi connectivity index (χ0) is 10.7. The number of rotatable bonds is 2. The van der Waals surface area contributed by atoms with Gasteiger partial charge in [-0.15, -0.1) is 11.8 Å². The zero-order valence-corrected chi connectivity index (χ0v) is 10.4. The quantitative estimate of drug-likeness (QED) is 0.754. The Morgan fingerprint density at radius 1 is 1.27 bits per heavy atom. The van der Waals surface area contributed by atoms with Crippen LogP contribution in [0.25, 0.3) is 0 Å². The van der Waals surface area contributed by atoms with E-state index in [4.69, 9.17) is 0 Å². The zero-order valence-electron chi connectivity index (χ0n) is 9.57. The summed E-state index contributed by atoms with van der Waals surface area (Å²) in [7, 11) is 2.22. The molecule has 15 heavy (non-hydrogen) atoms. The molecule has 0 spiro atoms. The number of nitrogens with zero attached hydrogens (tertiary/aromatic N) is 1. The molecule has 0 amide bonds. The summed E-state index contributed by atoms with van der Waals surface area (Å²) < 4.78 is 0. The minimum Gasteiger partial charge on any atom is -0.306 e. The molecule has 0 aliphatic carbocycles. The third kappa shape index (κ3) is 3.25. The highest BCUT2D eigenvalue weighted by Crippen LogP contribution is 2.30. The lowest BCUT2D eigenvalue weighted by atomic mass is 10.1. The molecular formula is C13H19NS. The van der Waals surface area contributed by atoms with Gasteiger partial charge in [-0.3, -0.25) is 0 Å². The number of piperidine rings is 1. The summed E-state index contributed by atoms with van der Waals surface area (Å²) in [5.74, 6) is 0. The fourth-order valence-electron chi connectivity index (χ4n) is 1.98. The van der Waals surface area contributed by atoms with Crippen LogP contribution in [-0.4, -0.2) is 30.3 Å². The highest BCUT2D eigenvalue weighted by atomic mass is 32.2. The molecular weight excluding hydrogens is 202 g/mol. The van der Waals surface area contributed by atoms with Gasteiger partial charge in [0.05, 0.1) is 0 Å². The van der Waals surface area contributed by atoms with Gasteiger partial charge in [-0.05, 0) is 52.0 Å². The molecule has 0 atom stereocenters. The van der Waals surface area contributed by atoms with Crippen molar-refractivity contribution in [2.75, 3.05) is 20.1 Å². The highest BCUT2D eigenvalue weighted by Gasteiger charge is 2.17. The van der Waals surface area contributed by atoms with Crippen molar-refractivity contribution in [1.82, 2.24) is 4.90 Å².